The van der Waals surface area contributed by atoms with Crippen LogP contribution in [0, 0.1) is 11.3 Å². The molecular formula is C12H13N3O3. The molecule has 0 bridgehead atoms. The minimum absolute atomic E-state index is 0.173. The molecule has 6 nitrogen and oxygen atoms in total. The molecule has 18 heavy (non-hydrogen) atoms. The highest BCUT2D eigenvalue weighted by molar-refractivity contribution is 5.96. The van der Waals surface area contributed by atoms with Crippen molar-refractivity contribution in [3.05, 3.63) is 30.0 Å². The normalized spacial score (nSPS) is 10.4. The Hall–Kier alpha value is -2.68. The molecule has 0 heterocycles. The molecule has 0 fully saturated rings. The number of hydrogen-bond acceptors (Lipinski definition) is 5. The van der Waals surface area contributed by atoms with Crippen LogP contribution in [0.1, 0.15) is 0 Å². The molecule has 0 aliphatic heterocycles. The highest BCUT2D eigenvalue weighted by Crippen LogP contribution is 2.29. The topological polar surface area (TPSA) is 97.4 Å². The maximum atomic E-state index is 10.8. The van der Waals surface area contributed by atoms with Crippen LogP contribution in [0.3, 0.4) is 0 Å². The molecule has 1 rings (SSSR count). The quantitative estimate of drug-likeness (QED) is 0.597. The van der Waals surface area contributed by atoms with Gasteiger partial charge in [-0.1, -0.05) is 0 Å². The van der Waals surface area contributed by atoms with Crippen LogP contribution < -0.4 is 20.5 Å². The molecule has 0 aromatic heterocycles. The fourth-order valence-corrected chi connectivity index (χ4v) is 1.23. The third-order valence-corrected chi connectivity index (χ3v) is 2.17. The number of anilines is 1. The van der Waals surface area contributed by atoms with Crippen molar-refractivity contribution in [2.24, 2.45) is 5.73 Å². The molecule has 94 valence electrons. The lowest BCUT2D eigenvalue weighted by molar-refractivity contribution is -0.114. The van der Waals surface area contributed by atoms with E-state index in [2.05, 4.69) is 5.32 Å². The van der Waals surface area contributed by atoms with Crippen LogP contribution in [-0.2, 0) is 4.79 Å². The maximum absolute atomic E-state index is 10.8. The second kappa shape index (κ2) is 6.15. The first kappa shape index (κ1) is 13.4. The predicted octanol–water partition coefficient (Wildman–Crippen LogP) is 1.01. The molecule has 1 aromatic carbocycles. The average Bonchev–Trinajstić information content (AvgIpc) is 2.39. The van der Waals surface area contributed by atoms with Crippen LogP contribution >= 0.6 is 0 Å². The van der Waals surface area contributed by atoms with Crippen molar-refractivity contribution in [3.63, 3.8) is 0 Å². The second-order valence-electron chi connectivity index (χ2n) is 3.24. The Kier molecular flexibility index (Phi) is 4.58. The summed E-state index contributed by atoms with van der Waals surface area (Å²) in [7, 11) is 3.05. The number of ether oxygens (including phenoxy) is 2. The number of methoxy groups -OCH3 is 2. The van der Waals surface area contributed by atoms with E-state index < -0.39 is 5.91 Å². The molecule has 0 saturated carbocycles. The van der Waals surface area contributed by atoms with Gasteiger partial charge in [-0.2, -0.15) is 5.26 Å². The van der Waals surface area contributed by atoms with Crippen LogP contribution in [0.5, 0.6) is 11.5 Å². The highest BCUT2D eigenvalue weighted by atomic mass is 16.5. The summed E-state index contributed by atoms with van der Waals surface area (Å²) < 4.78 is 10.2. The Morgan fingerprint density at radius 1 is 1.44 bits per heavy atom. The molecule has 6 heteroatoms. The zero-order chi connectivity index (χ0) is 13.5. The summed E-state index contributed by atoms with van der Waals surface area (Å²) in [6.45, 7) is 0. The van der Waals surface area contributed by atoms with E-state index in [0.717, 1.165) is 0 Å². The molecule has 0 aliphatic rings. The maximum Gasteiger partial charge on any atom is 0.260 e. The van der Waals surface area contributed by atoms with Gasteiger partial charge in [-0.25, -0.2) is 0 Å². The highest BCUT2D eigenvalue weighted by Gasteiger charge is 2.06. The number of carbonyl (C=O) groups excluding carboxylic acids is 1. The number of carbonyl (C=O) groups is 1. The summed E-state index contributed by atoms with van der Waals surface area (Å²) in [5.74, 6) is 0.363. The van der Waals surface area contributed by atoms with Crippen molar-refractivity contribution in [1.29, 1.82) is 5.26 Å². The number of hydrogen-bond donors (Lipinski definition) is 2. The average molecular weight is 247 g/mol. The van der Waals surface area contributed by atoms with Crippen LogP contribution in [0.2, 0.25) is 0 Å². The Balaban J connectivity index is 2.98. The van der Waals surface area contributed by atoms with Gasteiger partial charge in [-0.15, -0.1) is 0 Å². The van der Waals surface area contributed by atoms with Crippen LogP contribution in [0.15, 0.2) is 30.0 Å². The van der Waals surface area contributed by atoms with Crippen molar-refractivity contribution in [3.8, 4) is 17.6 Å². The van der Waals surface area contributed by atoms with Crippen molar-refractivity contribution < 1.29 is 14.3 Å². The lowest BCUT2D eigenvalue weighted by Gasteiger charge is -2.10. The molecule has 0 saturated heterocycles. The number of primary amides is 1. The third kappa shape index (κ3) is 3.15. The van der Waals surface area contributed by atoms with Gasteiger partial charge in [0.1, 0.15) is 23.1 Å². The Morgan fingerprint density at radius 3 is 2.67 bits per heavy atom. The molecular weight excluding hydrogens is 234 g/mol. The second-order valence-corrected chi connectivity index (χ2v) is 3.24. The van der Waals surface area contributed by atoms with E-state index in [1.165, 1.54) is 13.3 Å². The van der Waals surface area contributed by atoms with Gasteiger partial charge in [0, 0.05) is 12.3 Å². The molecule has 3 N–H and O–H groups in total. The monoisotopic (exact) mass is 247 g/mol. The third-order valence-electron chi connectivity index (χ3n) is 2.17. The van der Waals surface area contributed by atoms with Crippen LogP contribution in [0.25, 0.3) is 0 Å². The smallest absolute Gasteiger partial charge is 0.260 e. The Labute approximate surface area is 105 Å². The van der Waals surface area contributed by atoms with E-state index in [9.17, 15) is 4.79 Å². The van der Waals surface area contributed by atoms with E-state index >= 15 is 0 Å². The number of nitriles is 1. The molecule has 0 atom stereocenters. The molecule has 0 aliphatic carbocycles. The van der Waals surface area contributed by atoms with Gasteiger partial charge >= 0.3 is 0 Å². The van der Waals surface area contributed by atoms with Gasteiger partial charge in [0.25, 0.3) is 5.91 Å². The summed E-state index contributed by atoms with van der Waals surface area (Å²) in [4.78, 5) is 10.8. The predicted molar refractivity (Wildman–Crippen MR) is 66.1 cm³/mol. The summed E-state index contributed by atoms with van der Waals surface area (Å²) in [5.41, 5.74) is 5.42. The SMILES string of the molecule is COc1ccc(N/C=C(/C#N)C(N)=O)c(OC)c1. The largest absolute Gasteiger partial charge is 0.497 e. The minimum atomic E-state index is -0.794. The summed E-state index contributed by atoms with van der Waals surface area (Å²) in [6, 6.07) is 6.78. The van der Waals surface area contributed by atoms with Crippen LogP contribution in [-0.4, -0.2) is 20.1 Å². The van der Waals surface area contributed by atoms with E-state index in [1.807, 2.05) is 0 Å². The van der Waals surface area contributed by atoms with Gasteiger partial charge in [-0.05, 0) is 12.1 Å². The van der Waals surface area contributed by atoms with Gasteiger partial charge in [0.2, 0.25) is 0 Å². The van der Waals surface area contributed by atoms with Crippen molar-refractivity contribution in [1.82, 2.24) is 0 Å². The number of rotatable bonds is 5. The summed E-state index contributed by atoms with van der Waals surface area (Å²) in [5, 5.41) is 11.5. The van der Waals surface area contributed by atoms with E-state index in [1.54, 1.807) is 31.4 Å². The lowest BCUT2D eigenvalue weighted by Crippen LogP contribution is -2.13. The number of nitrogens with zero attached hydrogens (tertiary/aromatic N) is 1. The Bertz CT molecular complexity index is 518. The zero-order valence-corrected chi connectivity index (χ0v) is 10.1. The first-order valence-electron chi connectivity index (χ1n) is 5.01. The summed E-state index contributed by atoms with van der Waals surface area (Å²) in [6.07, 6.45) is 1.23. The van der Waals surface area contributed by atoms with Gasteiger partial charge in [-0.3, -0.25) is 4.79 Å². The zero-order valence-electron chi connectivity index (χ0n) is 10.1. The van der Waals surface area contributed by atoms with E-state index in [0.29, 0.717) is 17.2 Å². The Morgan fingerprint density at radius 2 is 2.17 bits per heavy atom. The fourth-order valence-electron chi connectivity index (χ4n) is 1.23. The number of amides is 1. The molecule has 0 radical (unpaired) electrons. The molecule has 1 aromatic rings. The molecule has 0 unspecified atom stereocenters. The first-order chi connectivity index (χ1) is 8.62. The van der Waals surface area contributed by atoms with E-state index in [-0.39, 0.29) is 5.57 Å². The molecule has 1 amide bonds. The van der Waals surface area contributed by atoms with Gasteiger partial charge < -0.3 is 20.5 Å². The van der Waals surface area contributed by atoms with Gasteiger partial charge in [0.05, 0.1) is 19.9 Å². The number of nitrogens with two attached hydrogens (primary N) is 1. The van der Waals surface area contributed by atoms with Gasteiger partial charge in [0.15, 0.2) is 0 Å². The van der Waals surface area contributed by atoms with Crippen molar-refractivity contribution >= 4 is 11.6 Å². The number of nitrogens with one attached hydrogen (secondary N) is 1. The number of benzene rings is 1. The standard InChI is InChI=1S/C12H13N3O3/c1-17-9-3-4-10(11(5-9)18-2)15-7-8(6-13)12(14)16/h3-5,7,15H,1-2H3,(H2,14,16)/b8-7-. The van der Waals surface area contributed by atoms with Crippen molar-refractivity contribution in [2.45, 2.75) is 0 Å². The van der Waals surface area contributed by atoms with Crippen molar-refractivity contribution in [2.75, 3.05) is 19.5 Å². The fraction of sp³-hybridized carbons (Fsp3) is 0.167. The summed E-state index contributed by atoms with van der Waals surface area (Å²) >= 11 is 0. The first-order valence-corrected chi connectivity index (χ1v) is 5.01. The molecule has 0 spiro atoms. The van der Waals surface area contributed by atoms with E-state index in [4.69, 9.17) is 20.5 Å². The lowest BCUT2D eigenvalue weighted by atomic mass is 10.2. The van der Waals surface area contributed by atoms with Crippen LogP contribution in [0.4, 0.5) is 5.69 Å². The minimum Gasteiger partial charge on any atom is -0.497 e.